The lowest BCUT2D eigenvalue weighted by Gasteiger charge is -2.38. The summed E-state index contributed by atoms with van der Waals surface area (Å²) >= 11 is 0. The van der Waals surface area contributed by atoms with Crippen LogP contribution in [0.5, 0.6) is 0 Å². The number of piperazine rings is 1. The van der Waals surface area contributed by atoms with Crippen LogP contribution in [0.1, 0.15) is 44.3 Å². The third-order valence-electron chi connectivity index (χ3n) is 6.18. The molecule has 3 N–H and O–H groups in total. The number of cyclic esters (lactones) is 1. The van der Waals surface area contributed by atoms with E-state index in [9.17, 15) is 4.79 Å². The number of pyridine rings is 1. The summed E-state index contributed by atoms with van der Waals surface area (Å²) < 4.78 is 7.24. The number of ether oxygens (including phenoxy) is 1. The van der Waals surface area contributed by atoms with Gasteiger partial charge in [-0.3, -0.25) is 15.2 Å². The minimum atomic E-state index is -0.236. The Hall–Kier alpha value is -3.07. The molecule has 1 saturated heterocycles. The lowest BCUT2D eigenvalue weighted by atomic mass is 9.93. The van der Waals surface area contributed by atoms with Gasteiger partial charge in [-0.1, -0.05) is 6.07 Å². The van der Waals surface area contributed by atoms with Crippen LogP contribution in [0.15, 0.2) is 43.1 Å². The van der Waals surface area contributed by atoms with E-state index in [-0.39, 0.29) is 18.2 Å². The first-order chi connectivity index (χ1) is 15.0. The zero-order valence-electron chi connectivity index (χ0n) is 17.7. The molecule has 1 aromatic carbocycles. The van der Waals surface area contributed by atoms with E-state index in [1.807, 2.05) is 42.2 Å². The monoisotopic (exact) mass is 418 g/mol. The minimum Gasteiger partial charge on any atom is -0.457 e. The summed E-state index contributed by atoms with van der Waals surface area (Å²) in [6.07, 6.45) is 7.41. The van der Waals surface area contributed by atoms with Crippen molar-refractivity contribution in [2.45, 2.75) is 39.2 Å². The second kappa shape index (κ2) is 7.88. The molecule has 0 aliphatic carbocycles. The number of rotatable bonds is 4. The fraction of sp³-hybridized carbons (Fsp3) is 0.348. The zero-order chi connectivity index (χ0) is 21.5. The third kappa shape index (κ3) is 3.74. The number of carbonyl (C=O) groups excluding carboxylic acids is 1. The summed E-state index contributed by atoms with van der Waals surface area (Å²) in [5, 5.41) is 3.51. The van der Waals surface area contributed by atoms with Crippen LogP contribution in [0.3, 0.4) is 0 Å². The molecule has 0 saturated carbocycles. The van der Waals surface area contributed by atoms with Crippen molar-refractivity contribution in [2.24, 2.45) is 5.73 Å². The number of nitrogens with two attached hydrogens (primary N) is 1. The predicted molar refractivity (Wildman–Crippen MR) is 116 cm³/mol. The molecular formula is C23H26N6O2. The van der Waals surface area contributed by atoms with Crippen molar-refractivity contribution in [3.05, 3.63) is 76.6 Å². The third-order valence-corrected chi connectivity index (χ3v) is 6.18. The number of benzene rings is 1. The standard InChI is InChI=1S/C23H26N6O2/c1-14-7-25-6-5-21(14)29-9-16(26-13-29)8-28-10-20(27-22(24)11-28)17-3-4-18-19(15(17)2)12-31-23(18)30/h3-7,9,13,20,22,27H,8,10-12,24H2,1-2H3/t20-,22+/m0/s1. The van der Waals surface area contributed by atoms with Crippen LogP contribution < -0.4 is 11.1 Å². The van der Waals surface area contributed by atoms with E-state index in [1.54, 1.807) is 6.20 Å². The molecule has 1 fully saturated rings. The molecule has 8 nitrogen and oxygen atoms in total. The van der Waals surface area contributed by atoms with Gasteiger partial charge < -0.3 is 15.0 Å². The molecule has 160 valence electrons. The second-order valence-electron chi connectivity index (χ2n) is 8.34. The largest absolute Gasteiger partial charge is 0.457 e. The molecule has 2 atom stereocenters. The van der Waals surface area contributed by atoms with Gasteiger partial charge in [0.05, 0.1) is 29.4 Å². The van der Waals surface area contributed by atoms with Gasteiger partial charge in [-0.05, 0) is 42.7 Å². The number of aryl methyl sites for hydroxylation is 1. The van der Waals surface area contributed by atoms with Gasteiger partial charge in [-0.15, -0.1) is 0 Å². The van der Waals surface area contributed by atoms with E-state index in [0.29, 0.717) is 18.7 Å². The van der Waals surface area contributed by atoms with Crippen molar-refractivity contribution in [3.8, 4) is 5.69 Å². The minimum absolute atomic E-state index is 0.0780. The number of esters is 1. The number of nitrogens with one attached hydrogen (secondary N) is 1. The molecule has 8 heteroatoms. The van der Waals surface area contributed by atoms with Gasteiger partial charge in [0.2, 0.25) is 0 Å². The molecule has 0 spiro atoms. The van der Waals surface area contributed by atoms with E-state index in [1.165, 1.54) is 0 Å². The number of nitrogens with zero attached hydrogens (tertiary/aromatic N) is 4. The highest BCUT2D eigenvalue weighted by Crippen LogP contribution is 2.30. The van der Waals surface area contributed by atoms with E-state index < -0.39 is 0 Å². The molecule has 0 radical (unpaired) electrons. The number of aromatic nitrogens is 3. The molecule has 2 aliphatic heterocycles. The van der Waals surface area contributed by atoms with Crippen molar-refractivity contribution in [1.29, 1.82) is 0 Å². The highest BCUT2D eigenvalue weighted by Gasteiger charge is 2.30. The average Bonchev–Trinajstić information content (AvgIpc) is 3.35. The first-order valence-corrected chi connectivity index (χ1v) is 10.5. The maximum Gasteiger partial charge on any atom is 0.338 e. The fourth-order valence-corrected chi connectivity index (χ4v) is 4.60. The van der Waals surface area contributed by atoms with Crippen molar-refractivity contribution in [2.75, 3.05) is 13.1 Å². The van der Waals surface area contributed by atoms with Crippen LogP contribution in [-0.2, 0) is 17.9 Å². The van der Waals surface area contributed by atoms with Gasteiger partial charge in [0.15, 0.2) is 0 Å². The molecule has 0 amide bonds. The SMILES string of the molecule is Cc1cnccc1-n1cnc(CN2C[C@@H](c3ccc4c(c3C)COC4=O)N[C@@H](N)C2)c1. The lowest BCUT2D eigenvalue weighted by molar-refractivity contribution is 0.0535. The molecule has 2 aromatic heterocycles. The fourth-order valence-electron chi connectivity index (χ4n) is 4.60. The summed E-state index contributed by atoms with van der Waals surface area (Å²) in [4.78, 5) is 23.0. The average molecular weight is 419 g/mol. The van der Waals surface area contributed by atoms with Gasteiger partial charge in [0, 0.05) is 49.8 Å². The Morgan fingerprint density at radius 1 is 1.26 bits per heavy atom. The number of imidazole rings is 1. The molecule has 5 rings (SSSR count). The van der Waals surface area contributed by atoms with Crippen LogP contribution in [0.2, 0.25) is 0 Å². The molecular weight excluding hydrogens is 392 g/mol. The Morgan fingerprint density at radius 3 is 2.97 bits per heavy atom. The number of hydrogen-bond donors (Lipinski definition) is 2. The Balaban J connectivity index is 1.34. The molecule has 3 aromatic rings. The van der Waals surface area contributed by atoms with Gasteiger partial charge in [0.25, 0.3) is 0 Å². The maximum atomic E-state index is 11.9. The van der Waals surface area contributed by atoms with Crippen LogP contribution in [-0.4, -0.2) is 44.7 Å². The van der Waals surface area contributed by atoms with Crippen molar-refractivity contribution < 1.29 is 9.53 Å². The van der Waals surface area contributed by atoms with Gasteiger partial charge >= 0.3 is 5.97 Å². The first kappa shape index (κ1) is 19.9. The van der Waals surface area contributed by atoms with Crippen LogP contribution >= 0.6 is 0 Å². The predicted octanol–water partition coefficient (Wildman–Crippen LogP) is 1.99. The highest BCUT2D eigenvalue weighted by molar-refractivity contribution is 5.94. The zero-order valence-corrected chi connectivity index (χ0v) is 17.7. The summed E-state index contributed by atoms with van der Waals surface area (Å²) in [5.74, 6) is -0.236. The van der Waals surface area contributed by atoms with Crippen LogP contribution in [0, 0.1) is 13.8 Å². The van der Waals surface area contributed by atoms with Gasteiger partial charge in [0.1, 0.15) is 6.61 Å². The summed E-state index contributed by atoms with van der Waals surface area (Å²) in [6.45, 7) is 6.71. The van der Waals surface area contributed by atoms with Crippen LogP contribution in [0.4, 0.5) is 0 Å². The Kier molecular flexibility index (Phi) is 5.05. The first-order valence-electron chi connectivity index (χ1n) is 10.5. The van der Waals surface area contributed by atoms with E-state index in [2.05, 4.69) is 33.3 Å². The number of carbonyl (C=O) groups is 1. The quantitative estimate of drug-likeness (QED) is 0.625. The van der Waals surface area contributed by atoms with E-state index in [4.69, 9.17) is 10.5 Å². The Morgan fingerprint density at radius 2 is 2.13 bits per heavy atom. The molecule has 0 bridgehead atoms. The molecule has 4 heterocycles. The van der Waals surface area contributed by atoms with E-state index in [0.717, 1.165) is 46.7 Å². The van der Waals surface area contributed by atoms with Gasteiger partial charge in [-0.25, -0.2) is 9.78 Å². The number of fused-ring (bicyclic) bond motifs is 1. The van der Waals surface area contributed by atoms with E-state index >= 15 is 0 Å². The molecule has 0 unspecified atom stereocenters. The second-order valence-corrected chi connectivity index (χ2v) is 8.34. The summed E-state index contributed by atoms with van der Waals surface area (Å²) in [6, 6.07) is 5.96. The van der Waals surface area contributed by atoms with Crippen LogP contribution in [0.25, 0.3) is 5.69 Å². The van der Waals surface area contributed by atoms with Gasteiger partial charge in [-0.2, -0.15) is 0 Å². The summed E-state index contributed by atoms with van der Waals surface area (Å²) in [7, 11) is 0. The summed E-state index contributed by atoms with van der Waals surface area (Å²) in [5.41, 5.74) is 13.4. The smallest absolute Gasteiger partial charge is 0.338 e. The topological polar surface area (TPSA) is 98.3 Å². The Labute approximate surface area is 181 Å². The normalized spacial score (nSPS) is 21.2. The number of hydrogen-bond acceptors (Lipinski definition) is 7. The Bertz CT molecular complexity index is 1140. The lowest BCUT2D eigenvalue weighted by Crippen LogP contribution is -2.56. The maximum absolute atomic E-state index is 11.9. The van der Waals surface area contributed by atoms with Crippen molar-refractivity contribution in [3.63, 3.8) is 0 Å². The van der Waals surface area contributed by atoms with Crippen molar-refractivity contribution >= 4 is 5.97 Å². The highest BCUT2D eigenvalue weighted by atomic mass is 16.5. The molecule has 2 aliphatic rings. The molecule has 31 heavy (non-hydrogen) atoms. The van der Waals surface area contributed by atoms with Crippen molar-refractivity contribution in [1.82, 2.24) is 24.8 Å².